The van der Waals surface area contributed by atoms with Crippen LogP contribution in [0.4, 0.5) is 0 Å². The largest absolute Gasteiger partial charge is 0.313 e. The minimum Gasteiger partial charge on any atom is -0.313 e. The highest BCUT2D eigenvalue weighted by atomic mass is 15.1. The summed E-state index contributed by atoms with van der Waals surface area (Å²) in [7, 11) is 0. The molecule has 1 fully saturated rings. The van der Waals surface area contributed by atoms with Gasteiger partial charge in [-0.25, -0.2) is 0 Å². The summed E-state index contributed by atoms with van der Waals surface area (Å²) in [5.41, 5.74) is 0. The third-order valence-corrected chi connectivity index (χ3v) is 3.02. The van der Waals surface area contributed by atoms with E-state index in [0.29, 0.717) is 5.92 Å². The van der Waals surface area contributed by atoms with E-state index in [4.69, 9.17) is 5.41 Å². The van der Waals surface area contributed by atoms with Crippen LogP contribution in [0.1, 0.15) is 26.2 Å². The Morgan fingerprint density at radius 1 is 1.64 bits per heavy atom. The maximum atomic E-state index is 7.01. The fourth-order valence-corrected chi connectivity index (χ4v) is 2.10. The Morgan fingerprint density at radius 3 is 2.93 bits per heavy atom. The Bertz CT molecular complexity index is 189. The van der Waals surface area contributed by atoms with Gasteiger partial charge in [-0.05, 0) is 43.9 Å². The Labute approximate surface area is 87.5 Å². The molecule has 0 amide bonds. The molecule has 2 unspecified atom stereocenters. The summed E-state index contributed by atoms with van der Waals surface area (Å²) in [6, 6.07) is 0. The summed E-state index contributed by atoms with van der Waals surface area (Å²) in [5, 5.41) is 7.01. The van der Waals surface area contributed by atoms with Gasteiger partial charge in [0.1, 0.15) is 0 Å². The highest BCUT2D eigenvalue weighted by Gasteiger charge is 2.20. The van der Waals surface area contributed by atoms with Crippen LogP contribution in [0.3, 0.4) is 0 Å². The second kappa shape index (κ2) is 5.97. The molecule has 1 N–H and O–H groups in total. The normalized spacial score (nSPS) is 24.8. The Kier molecular flexibility index (Phi) is 4.88. The molecule has 0 aromatic carbocycles. The number of rotatable bonds is 6. The van der Waals surface area contributed by atoms with E-state index in [1.54, 1.807) is 0 Å². The van der Waals surface area contributed by atoms with Gasteiger partial charge >= 0.3 is 0 Å². The zero-order valence-corrected chi connectivity index (χ0v) is 9.21. The van der Waals surface area contributed by atoms with Crippen LogP contribution < -0.4 is 0 Å². The quantitative estimate of drug-likeness (QED) is 0.510. The van der Waals surface area contributed by atoms with E-state index in [-0.39, 0.29) is 0 Å². The van der Waals surface area contributed by atoms with Crippen molar-refractivity contribution < 1.29 is 0 Å². The highest BCUT2D eigenvalue weighted by molar-refractivity contribution is 5.52. The average molecular weight is 194 g/mol. The number of likely N-dealkylation sites (tertiary alicyclic amines) is 1. The van der Waals surface area contributed by atoms with Crippen LogP contribution in [0.5, 0.6) is 0 Å². The van der Waals surface area contributed by atoms with Crippen LogP contribution in [0.2, 0.25) is 0 Å². The van der Waals surface area contributed by atoms with Crippen molar-refractivity contribution in [2.24, 2.45) is 11.8 Å². The van der Waals surface area contributed by atoms with Gasteiger partial charge in [0.05, 0.1) is 0 Å². The Balaban J connectivity index is 2.25. The molecular formula is C12H22N2. The fourth-order valence-electron chi connectivity index (χ4n) is 2.10. The van der Waals surface area contributed by atoms with Crippen molar-refractivity contribution in [3.63, 3.8) is 0 Å². The van der Waals surface area contributed by atoms with Gasteiger partial charge in [-0.2, -0.15) is 0 Å². The molecule has 0 saturated carbocycles. The van der Waals surface area contributed by atoms with Crippen molar-refractivity contribution in [2.75, 3.05) is 19.6 Å². The molecule has 0 spiro atoms. The van der Waals surface area contributed by atoms with Gasteiger partial charge in [-0.1, -0.05) is 13.0 Å². The topological polar surface area (TPSA) is 27.1 Å². The molecule has 14 heavy (non-hydrogen) atoms. The molecule has 0 aliphatic carbocycles. The van der Waals surface area contributed by atoms with Crippen LogP contribution in [0, 0.1) is 17.2 Å². The first-order valence-corrected chi connectivity index (χ1v) is 5.60. The smallest absolute Gasteiger partial charge is 0.00445 e. The van der Waals surface area contributed by atoms with Crippen LogP contribution in [-0.2, 0) is 0 Å². The van der Waals surface area contributed by atoms with Crippen molar-refractivity contribution in [1.82, 2.24) is 4.90 Å². The van der Waals surface area contributed by atoms with Crippen LogP contribution in [-0.4, -0.2) is 30.7 Å². The maximum absolute atomic E-state index is 7.01. The first kappa shape index (κ1) is 11.4. The summed E-state index contributed by atoms with van der Waals surface area (Å²) in [6.45, 7) is 9.82. The van der Waals surface area contributed by atoms with Crippen molar-refractivity contribution in [1.29, 1.82) is 5.41 Å². The predicted molar refractivity (Wildman–Crippen MR) is 61.9 cm³/mol. The van der Waals surface area contributed by atoms with Crippen LogP contribution >= 0.6 is 0 Å². The van der Waals surface area contributed by atoms with Gasteiger partial charge in [0.2, 0.25) is 0 Å². The summed E-state index contributed by atoms with van der Waals surface area (Å²) >= 11 is 0. The summed E-state index contributed by atoms with van der Waals surface area (Å²) < 4.78 is 0. The summed E-state index contributed by atoms with van der Waals surface area (Å²) in [4.78, 5) is 2.53. The molecule has 80 valence electrons. The minimum absolute atomic E-state index is 0.571. The maximum Gasteiger partial charge on any atom is 0.00445 e. The molecule has 1 rings (SSSR count). The van der Waals surface area contributed by atoms with Crippen molar-refractivity contribution in [3.05, 3.63) is 12.7 Å². The first-order valence-electron chi connectivity index (χ1n) is 5.60. The second-order valence-electron chi connectivity index (χ2n) is 4.43. The highest BCUT2D eigenvalue weighted by Crippen LogP contribution is 2.18. The number of nitrogens with zero attached hydrogens (tertiary/aromatic N) is 1. The first-order chi connectivity index (χ1) is 6.76. The van der Waals surface area contributed by atoms with Crippen molar-refractivity contribution in [2.45, 2.75) is 26.2 Å². The molecule has 2 nitrogen and oxygen atoms in total. The molecule has 0 bridgehead atoms. The van der Waals surface area contributed by atoms with E-state index in [9.17, 15) is 0 Å². The van der Waals surface area contributed by atoms with E-state index in [1.807, 2.05) is 6.08 Å². The van der Waals surface area contributed by atoms with E-state index in [2.05, 4.69) is 18.4 Å². The van der Waals surface area contributed by atoms with E-state index in [0.717, 1.165) is 25.3 Å². The molecule has 1 aliphatic heterocycles. The van der Waals surface area contributed by atoms with Crippen LogP contribution in [0.15, 0.2) is 12.7 Å². The molecule has 1 heterocycles. The second-order valence-corrected chi connectivity index (χ2v) is 4.43. The number of nitrogens with one attached hydrogen (secondary N) is 1. The molecule has 0 aromatic rings. The monoisotopic (exact) mass is 194 g/mol. The molecule has 0 aromatic heterocycles. The van der Waals surface area contributed by atoms with Gasteiger partial charge in [-0.3, -0.25) is 0 Å². The zero-order valence-electron chi connectivity index (χ0n) is 9.21. The SMILES string of the molecule is C=CC(CCC=N)CN1CCC(C)C1. The lowest BCUT2D eigenvalue weighted by atomic mass is 10.0. The average Bonchev–Trinajstić information content (AvgIpc) is 2.58. The van der Waals surface area contributed by atoms with Crippen molar-refractivity contribution in [3.8, 4) is 0 Å². The van der Waals surface area contributed by atoms with E-state index >= 15 is 0 Å². The molecule has 1 aliphatic rings. The summed E-state index contributed by atoms with van der Waals surface area (Å²) in [6.07, 6.45) is 6.86. The molecular weight excluding hydrogens is 172 g/mol. The predicted octanol–water partition coefficient (Wildman–Crippen LogP) is 2.56. The van der Waals surface area contributed by atoms with Gasteiger partial charge in [-0.15, -0.1) is 6.58 Å². The minimum atomic E-state index is 0.571. The van der Waals surface area contributed by atoms with Gasteiger partial charge in [0, 0.05) is 13.1 Å². The van der Waals surface area contributed by atoms with Crippen LogP contribution in [0.25, 0.3) is 0 Å². The molecule has 2 heteroatoms. The lowest BCUT2D eigenvalue weighted by molar-refractivity contribution is 0.289. The lowest BCUT2D eigenvalue weighted by Crippen LogP contribution is -2.26. The Hall–Kier alpha value is -0.630. The third-order valence-electron chi connectivity index (χ3n) is 3.02. The van der Waals surface area contributed by atoms with Gasteiger partial charge in [0.25, 0.3) is 0 Å². The van der Waals surface area contributed by atoms with Gasteiger partial charge < -0.3 is 10.3 Å². The lowest BCUT2D eigenvalue weighted by Gasteiger charge is -2.20. The van der Waals surface area contributed by atoms with Crippen molar-refractivity contribution >= 4 is 6.21 Å². The number of hydrogen-bond donors (Lipinski definition) is 1. The zero-order chi connectivity index (χ0) is 10.4. The molecule has 2 atom stereocenters. The van der Waals surface area contributed by atoms with Gasteiger partial charge in [0.15, 0.2) is 0 Å². The van der Waals surface area contributed by atoms with E-state index < -0.39 is 0 Å². The molecule has 0 radical (unpaired) electrons. The standard InChI is InChI=1S/C12H22N2/c1-3-12(5-4-7-13)10-14-8-6-11(2)9-14/h3,7,11-13H,1,4-6,8-10H2,2H3. The summed E-state index contributed by atoms with van der Waals surface area (Å²) in [5.74, 6) is 1.44. The molecule has 1 saturated heterocycles. The number of hydrogen-bond acceptors (Lipinski definition) is 2. The Morgan fingerprint density at radius 2 is 2.43 bits per heavy atom. The van der Waals surface area contributed by atoms with E-state index in [1.165, 1.54) is 25.7 Å². The third kappa shape index (κ3) is 3.62. The fraction of sp³-hybridized carbons (Fsp3) is 0.750.